The summed E-state index contributed by atoms with van der Waals surface area (Å²) in [5.74, 6) is 0.938. The Labute approximate surface area is 189 Å². The standard InChI is InChI=1S/C23H23N5O3S/c1-14-19(16(3)31-26-14)13-32-22-18(11-8-12-24-22)21(29)25-20-15(2)27(4)28(23(20)30)17-9-6-5-7-10-17/h5-12H,13H2,1-4H3,(H,25,29). The van der Waals surface area contributed by atoms with E-state index in [2.05, 4.69) is 15.5 Å². The largest absolute Gasteiger partial charge is 0.361 e. The van der Waals surface area contributed by atoms with Crippen molar-refractivity contribution in [2.24, 2.45) is 7.05 Å². The molecule has 0 bridgehead atoms. The second-order valence-electron chi connectivity index (χ2n) is 7.34. The lowest BCUT2D eigenvalue weighted by molar-refractivity contribution is 0.102. The molecule has 0 atom stereocenters. The van der Waals surface area contributed by atoms with E-state index in [1.54, 1.807) is 37.0 Å². The first-order valence-electron chi connectivity index (χ1n) is 10.0. The lowest BCUT2D eigenvalue weighted by Crippen LogP contribution is -2.23. The van der Waals surface area contributed by atoms with Crippen molar-refractivity contribution in [2.45, 2.75) is 31.6 Å². The Morgan fingerprint density at radius 3 is 2.56 bits per heavy atom. The molecule has 0 saturated heterocycles. The lowest BCUT2D eigenvalue weighted by Gasteiger charge is -2.08. The molecule has 8 nitrogen and oxygen atoms in total. The highest BCUT2D eigenvalue weighted by molar-refractivity contribution is 7.98. The van der Waals surface area contributed by atoms with E-state index in [4.69, 9.17) is 4.52 Å². The summed E-state index contributed by atoms with van der Waals surface area (Å²) in [6.07, 6.45) is 1.64. The van der Waals surface area contributed by atoms with Gasteiger partial charge in [-0.3, -0.25) is 14.3 Å². The molecule has 1 aromatic carbocycles. The number of anilines is 1. The molecule has 1 N–H and O–H groups in total. The molecule has 3 aromatic heterocycles. The van der Waals surface area contributed by atoms with E-state index in [0.717, 1.165) is 22.7 Å². The third-order valence-corrected chi connectivity index (χ3v) is 6.37. The van der Waals surface area contributed by atoms with Crippen molar-refractivity contribution in [3.63, 3.8) is 0 Å². The second-order valence-corrected chi connectivity index (χ2v) is 8.30. The number of rotatable bonds is 6. The van der Waals surface area contributed by atoms with Crippen LogP contribution in [0, 0.1) is 20.8 Å². The monoisotopic (exact) mass is 449 g/mol. The molecule has 3 heterocycles. The first-order chi connectivity index (χ1) is 15.4. The van der Waals surface area contributed by atoms with Crippen LogP contribution in [0.25, 0.3) is 5.69 Å². The van der Waals surface area contributed by atoms with Gasteiger partial charge in [0.1, 0.15) is 16.5 Å². The highest BCUT2D eigenvalue weighted by Crippen LogP contribution is 2.27. The minimum absolute atomic E-state index is 0.242. The van der Waals surface area contributed by atoms with Crippen molar-refractivity contribution >= 4 is 23.4 Å². The minimum atomic E-state index is -0.384. The summed E-state index contributed by atoms with van der Waals surface area (Å²) in [6.45, 7) is 5.54. The topological polar surface area (TPSA) is 94.9 Å². The first kappa shape index (κ1) is 21.6. The van der Waals surface area contributed by atoms with Gasteiger partial charge in [0.05, 0.1) is 22.6 Å². The summed E-state index contributed by atoms with van der Waals surface area (Å²) >= 11 is 1.43. The average Bonchev–Trinajstić information content (AvgIpc) is 3.23. The van der Waals surface area contributed by atoms with Crippen LogP contribution in [0.2, 0.25) is 0 Å². The number of carbonyl (C=O) groups excluding carboxylic acids is 1. The number of thioether (sulfide) groups is 1. The predicted octanol–water partition coefficient (Wildman–Crippen LogP) is 4.03. The van der Waals surface area contributed by atoms with Gasteiger partial charge in [0.25, 0.3) is 11.5 Å². The summed E-state index contributed by atoms with van der Waals surface area (Å²) < 4.78 is 8.47. The van der Waals surface area contributed by atoms with Gasteiger partial charge in [0.2, 0.25) is 0 Å². The van der Waals surface area contributed by atoms with Crippen molar-refractivity contribution in [3.8, 4) is 5.69 Å². The molecule has 0 radical (unpaired) electrons. The molecule has 9 heteroatoms. The average molecular weight is 450 g/mol. The van der Waals surface area contributed by atoms with Gasteiger partial charge in [-0.05, 0) is 45.0 Å². The zero-order chi connectivity index (χ0) is 22.8. The van der Waals surface area contributed by atoms with Gasteiger partial charge >= 0.3 is 0 Å². The van der Waals surface area contributed by atoms with Crippen LogP contribution >= 0.6 is 11.8 Å². The molecule has 0 saturated carbocycles. The highest BCUT2D eigenvalue weighted by Gasteiger charge is 2.21. The minimum Gasteiger partial charge on any atom is -0.361 e. The van der Waals surface area contributed by atoms with Crippen LogP contribution in [-0.4, -0.2) is 25.4 Å². The molecule has 32 heavy (non-hydrogen) atoms. The van der Waals surface area contributed by atoms with Crippen LogP contribution < -0.4 is 10.9 Å². The number of pyridine rings is 1. The molecule has 4 aromatic rings. The van der Waals surface area contributed by atoms with Crippen molar-refractivity contribution in [3.05, 3.63) is 87.3 Å². The van der Waals surface area contributed by atoms with Crippen LogP contribution in [0.5, 0.6) is 0 Å². The summed E-state index contributed by atoms with van der Waals surface area (Å²) in [5, 5.41) is 7.35. The molecule has 1 amide bonds. The van der Waals surface area contributed by atoms with Crippen LogP contribution in [-0.2, 0) is 12.8 Å². The fraction of sp³-hybridized carbons (Fsp3) is 0.217. The summed E-state index contributed by atoms with van der Waals surface area (Å²) in [4.78, 5) is 30.6. The maximum atomic E-state index is 13.1. The van der Waals surface area contributed by atoms with Crippen molar-refractivity contribution in [2.75, 3.05) is 5.32 Å². The van der Waals surface area contributed by atoms with Crippen LogP contribution in [0.1, 0.15) is 33.1 Å². The number of hydrogen-bond donors (Lipinski definition) is 1. The number of amides is 1. The van der Waals surface area contributed by atoms with Crippen molar-refractivity contribution in [1.29, 1.82) is 0 Å². The Morgan fingerprint density at radius 1 is 1.12 bits per heavy atom. The fourth-order valence-corrected chi connectivity index (χ4v) is 4.57. The summed E-state index contributed by atoms with van der Waals surface area (Å²) in [5.41, 5.74) is 3.53. The summed E-state index contributed by atoms with van der Waals surface area (Å²) in [6, 6.07) is 12.7. The van der Waals surface area contributed by atoms with E-state index in [9.17, 15) is 9.59 Å². The molecule has 0 aliphatic rings. The molecule has 164 valence electrons. The van der Waals surface area contributed by atoms with E-state index in [-0.39, 0.29) is 17.2 Å². The third-order valence-electron chi connectivity index (χ3n) is 5.34. The molecular formula is C23H23N5O3S. The van der Waals surface area contributed by atoms with Gasteiger partial charge in [0.15, 0.2) is 0 Å². The Morgan fingerprint density at radius 2 is 1.88 bits per heavy atom. The Hall–Kier alpha value is -3.59. The number of para-hydroxylation sites is 1. The fourth-order valence-electron chi connectivity index (χ4n) is 3.42. The number of carbonyl (C=O) groups is 1. The molecule has 4 rings (SSSR count). The molecule has 0 unspecified atom stereocenters. The predicted molar refractivity (Wildman–Crippen MR) is 123 cm³/mol. The van der Waals surface area contributed by atoms with E-state index >= 15 is 0 Å². The van der Waals surface area contributed by atoms with E-state index < -0.39 is 0 Å². The van der Waals surface area contributed by atoms with Crippen LogP contribution in [0.15, 0.2) is 63.0 Å². The van der Waals surface area contributed by atoms with Crippen molar-refractivity contribution < 1.29 is 9.32 Å². The van der Waals surface area contributed by atoms with Crippen LogP contribution in [0.3, 0.4) is 0 Å². The van der Waals surface area contributed by atoms with Gasteiger partial charge in [-0.1, -0.05) is 23.4 Å². The quantitative estimate of drug-likeness (QED) is 0.447. The lowest BCUT2D eigenvalue weighted by atomic mass is 10.2. The number of hydrogen-bond acceptors (Lipinski definition) is 6. The Bertz CT molecular complexity index is 1320. The molecule has 0 aliphatic heterocycles. The maximum absolute atomic E-state index is 13.1. The highest BCUT2D eigenvalue weighted by atomic mass is 32.2. The first-order valence-corrected chi connectivity index (χ1v) is 11.0. The van der Waals surface area contributed by atoms with Gasteiger partial charge in [-0.15, -0.1) is 11.8 Å². The number of aromatic nitrogens is 4. The Kier molecular flexibility index (Phi) is 6.00. The van der Waals surface area contributed by atoms with Gasteiger partial charge in [0, 0.05) is 24.6 Å². The van der Waals surface area contributed by atoms with Gasteiger partial charge in [-0.25, -0.2) is 9.67 Å². The Balaban J connectivity index is 1.61. The zero-order valence-corrected chi connectivity index (χ0v) is 19.1. The second kappa shape index (κ2) is 8.88. The SMILES string of the molecule is Cc1noc(C)c1CSc1ncccc1C(=O)Nc1c(C)n(C)n(-c2ccccc2)c1=O. The molecule has 0 spiro atoms. The molecular weight excluding hydrogens is 426 g/mol. The van der Waals surface area contributed by atoms with Gasteiger partial charge < -0.3 is 9.84 Å². The number of nitrogens with one attached hydrogen (secondary N) is 1. The van der Waals surface area contributed by atoms with Gasteiger partial charge in [-0.2, -0.15) is 0 Å². The maximum Gasteiger partial charge on any atom is 0.295 e. The van der Waals surface area contributed by atoms with E-state index in [1.165, 1.54) is 16.4 Å². The normalized spacial score (nSPS) is 11.0. The van der Waals surface area contributed by atoms with E-state index in [0.29, 0.717) is 22.0 Å². The molecule has 0 aliphatic carbocycles. The number of nitrogens with zero attached hydrogens (tertiary/aromatic N) is 4. The van der Waals surface area contributed by atoms with E-state index in [1.807, 2.05) is 44.2 Å². The summed E-state index contributed by atoms with van der Waals surface area (Å²) in [7, 11) is 1.79. The third kappa shape index (κ3) is 3.99. The number of aryl methyl sites for hydroxylation is 2. The smallest absolute Gasteiger partial charge is 0.295 e. The van der Waals surface area contributed by atoms with Crippen molar-refractivity contribution in [1.82, 2.24) is 19.5 Å². The molecule has 0 fully saturated rings. The number of benzene rings is 1. The zero-order valence-electron chi connectivity index (χ0n) is 18.2. The van der Waals surface area contributed by atoms with Crippen LogP contribution in [0.4, 0.5) is 5.69 Å².